The minimum absolute atomic E-state index is 0.0163. The zero-order valence-corrected chi connectivity index (χ0v) is 20.3. The molecule has 1 saturated heterocycles. The summed E-state index contributed by atoms with van der Waals surface area (Å²) in [5.74, 6) is -0.178. The summed E-state index contributed by atoms with van der Waals surface area (Å²) in [6, 6.07) is 15.8. The van der Waals surface area contributed by atoms with Crippen LogP contribution in [0.3, 0.4) is 0 Å². The predicted octanol–water partition coefficient (Wildman–Crippen LogP) is 2.52. The zero-order chi connectivity index (χ0) is 24.5. The van der Waals surface area contributed by atoms with Crippen LogP contribution in [-0.4, -0.2) is 76.9 Å². The third-order valence-electron chi connectivity index (χ3n) is 6.71. The van der Waals surface area contributed by atoms with Gasteiger partial charge in [-0.15, -0.1) is 5.10 Å². The summed E-state index contributed by atoms with van der Waals surface area (Å²) in [6.45, 7) is 4.73. The largest absolute Gasteiger partial charge is 0.378 e. The van der Waals surface area contributed by atoms with Crippen molar-refractivity contribution in [3.05, 3.63) is 76.6 Å². The molecule has 0 saturated carbocycles. The maximum absolute atomic E-state index is 13.2. The van der Waals surface area contributed by atoms with Crippen LogP contribution in [0, 0.1) is 6.92 Å². The predicted molar refractivity (Wildman–Crippen MR) is 131 cm³/mol. The molecular weight excluding hydrogens is 444 g/mol. The summed E-state index contributed by atoms with van der Waals surface area (Å²) in [6.07, 6.45) is -0.117. The van der Waals surface area contributed by atoms with Gasteiger partial charge in [0.15, 0.2) is 5.69 Å². The first-order valence-corrected chi connectivity index (χ1v) is 11.9. The van der Waals surface area contributed by atoms with Crippen molar-refractivity contribution >= 4 is 17.5 Å². The first kappa shape index (κ1) is 23.0. The van der Waals surface area contributed by atoms with Crippen LogP contribution in [0.25, 0.3) is 0 Å². The first-order valence-electron chi connectivity index (χ1n) is 11.9. The summed E-state index contributed by atoms with van der Waals surface area (Å²) < 4.78 is 7.84. The molecule has 2 aliphatic rings. The highest BCUT2D eigenvalue weighted by Crippen LogP contribution is 2.27. The summed E-state index contributed by atoms with van der Waals surface area (Å²) in [5.41, 5.74) is 4.96. The number of hydrogen-bond acceptors (Lipinski definition) is 6. The molecule has 1 aromatic heterocycles. The van der Waals surface area contributed by atoms with Gasteiger partial charge >= 0.3 is 0 Å². The molecule has 2 aromatic carbocycles. The number of ether oxygens (including phenoxy) is 1. The number of piperazine rings is 1. The molecule has 0 bridgehead atoms. The molecule has 0 unspecified atom stereocenters. The molecule has 9 nitrogen and oxygen atoms in total. The average molecular weight is 475 g/mol. The van der Waals surface area contributed by atoms with Gasteiger partial charge in [0.25, 0.3) is 11.8 Å². The summed E-state index contributed by atoms with van der Waals surface area (Å²) >= 11 is 0. The van der Waals surface area contributed by atoms with E-state index in [1.165, 1.54) is 5.56 Å². The van der Waals surface area contributed by atoms with Gasteiger partial charge in [-0.05, 0) is 30.7 Å². The Balaban J connectivity index is 1.22. The van der Waals surface area contributed by atoms with Crippen molar-refractivity contribution < 1.29 is 14.3 Å². The normalized spacial score (nSPS) is 17.7. The second kappa shape index (κ2) is 9.50. The topological polar surface area (TPSA) is 83.8 Å². The van der Waals surface area contributed by atoms with Gasteiger partial charge in [-0.1, -0.05) is 41.1 Å². The Morgan fingerprint density at radius 3 is 2.34 bits per heavy atom. The summed E-state index contributed by atoms with van der Waals surface area (Å²) in [7, 11) is 3.90. The monoisotopic (exact) mass is 474 g/mol. The standard InChI is InChI=1S/C26H30N6O3/c1-18-7-9-19(10-8-18)23-16-32-22(17-35-23)24(27-28-32)26(34)31-13-11-30(12-14-31)25(33)20-5-4-6-21(15-20)29(2)3/h4-10,15,23H,11-14,16-17H2,1-3H3/t23-/m1/s1. The molecule has 2 amide bonds. The van der Waals surface area contributed by atoms with E-state index in [0.29, 0.717) is 49.7 Å². The molecule has 2 aliphatic heterocycles. The van der Waals surface area contributed by atoms with Gasteiger partial charge in [0, 0.05) is 51.5 Å². The minimum atomic E-state index is -0.162. The summed E-state index contributed by atoms with van der Waals surface area (Å²) in [5, 5.41) is 8.44. The Morgan fingerprint density at radius 1 is 0.971 bits per heavy atom. The fourth-order valence-electron chi connectivity index (χ4n) is 4.52. The number of aromatic nitrogens is 3. The quantitative estimate of drug-likeness (QED) is 0.578. The molecule has 9 heteroatoms. The van der Waals surface area contributed by atoms with Crippen LogP contribution in [0.2, 0.25) is 0 Å². The summed E-state index contributed by atoms with van der Waals surface area (Å²) in [4.78, 5) is 31.8. The molecule has 3 aromatic rings. The number of benzene rings is 2. The van der Waals surface area contributed by atoms with Gasteiger partial charge in [0.1, 0.15) is 6.10 Å². The van der Waals surface area contributed by atoms with Gasteiger partial charge < -0.3 is 19.4 Å². The number of hydrogen-bond donors (Lipinski definition) is 0. The SMILES string of the molecule is Cc1ccc([C@H]2Cn3nnc(C(=O)N4CCN(C(=O)c5cccc(N(C)C)c5)CC4)c3CO2)cc1. The zero-order valence-electron chi connectivity index (χ0n) is 20.3. The van der Waals surface area contributed by atoms with E-state index in [9.17, 15) is 9.59 Å². The van der Waals surface area contributed by atoms with Gasteiger partial charge in [-0.2, -0.15) is 0 Å². The highest BCUT2D eigenvalue weighted by atomic mass is 16.5. The second-order valence-corrected chi connectivity index (χ2v) is 9.31. The molecule has 0 radical (unpaired) electrons. The molecule has 0 aliphatic carbocycles. The highest BCUT2D eigenvalue weighted by molar-refractivity contribution is 5.96. The van der Waals surface area contributed by atoms with Crippen molar-refractivity contribution in [2.75, 3.05) is 45.2 Å². The van der Waals surface area contributed by atoms with Crippen LogP contribution < -0.4 is 4.90 Å². The Bertz CT molecular complexity index is 1230. The van der Waals surface area contributed by atoms with Gasteiger partial charge in [0.2, 0.25) is 0 Å². The van der Waals surface area contributed by atoms with E-state index in [4.69, 9.17) is 4.74 Å². The minimum Gasteiger partial charge on any atom is -0.378 e. The molecule has 182 valence electrons. The van der Waals surface area contributed by atoms with E-state index in [1.54, 1.807) is 14.5 Å². The molecule has 3 heterocycles. The maximum atomic E-state index is 13.2. The van der Waals surface area contributed by atoms with Crippen molar-refractivity contribution in [2.45, 2.75) is 26.2 Å². The van der Waals surface area contributed by atoms with E-state index in [-0.39, 0.29) is 24.5 Å². The molecule has 1 atom stereocenters. The number of fused-ring (bicyclic) bond motifs is 1. The molecule has 5 rings (SSSR count). The first-order chi connectivity index (χ1) is 16.9. The van der Waals surface area contributed by atoms with Gasteiger partial charge in [-0.3, -0.25) is 9.59 Å². The number of aryl methyl sites for hydroxylation is 1. The lowest BCUT2D eigenvalue weighted by atomic mass is 10.1. The van der Waals surface area contributed by atoms with Crippen molar-refractivity contribution in [1.82, 2.24) is 24.8 Å². The molecular formula is C26H30N6O3. The van der Waals surface area contributed by atoms with Crippen molar-refractivity contribution in [2.24, 2.45) is 0 Å². The van der Waals surface area contributed by atoms with Crippen LogP contribution >= 0.6 is 0 Å². The second-order valence-electron chi connectivity index (χ2n) is 9.31. The van der Waals surface area contributed by atoms with Crippen molar-refractivity contribution in [3.8, 4) is 0 Å². The van der Waals surface area contributed by atoms with E-state index < -0.39 is 0 Å². The van der Waals surface area contributed by atoms with Gasteiger partial charge in [-0.25, -0.2) is 4.68 Å². The third kappa shape index (κ3) is 4.64. The molecule has 0 N–H and O–H groups in total. The maximum Gasteiger partial charge on any atom is 0.276 e. The number of carbonyl (C=O) groups excluding carboxylic acids is 2. The fraction of sp³-hybridized carbons (Fsp3) is 0.385. The van der Waals surface area contributed by atoms with E-state index in [1.807, 2.05) is 43.3 Å². The van der Waals surface area contributed by atoms with Crippen LogP contribution in [0.4, 0.5) is 5.69 Å². The average Bonchev–Trinajstić information content (AvgIpc) is 3.32. The Kier molecular flexibility index (Phi) is 6.25. The Morgan fingerprint density at radius 2 is 1.66 bits per heavy atom. The fourth-order valence-corrected chi connectivity index (χ4v) is 4.52. The van der Waals surface area contributed by atoms with Crippen molar-refractivity contribution in [3.63, 3.8) is 0 Å². The Labute approximate surface area is 204 Å². The number of nitrogens with zero attached hydrogens (tertiary/aromatic N) is 6. The smallest absolute Gasteiger partial charge is 0.276 e. The highest BCUT2D eigenvalue weighted by Gasteiger charge is 2.32. The van der Waals surface area contributed by atoms with E-state index in [2.05, 4.69) is 41.5 Å². The lowest BCUT2D eigenvalue weighted by Gasteiger charge is -2.34. The lowest BCUT2D eigenvalue weighted by Crippen LogP contribution is -2.50. The lowest BCUT2D eigenvalue weighted by molar-refractivity contribution is -0.00203. The van der Waals surface area contributed by atoms with Crippen LogP contribution in [-0.2, 0) is 17.9 Å². The van der Waals surface area contributed by atoms with Crippen LogP contribution in [0.1, 0.15) is 43.8 Å². The number of carbonyl (C=O) groups is 2. The molecule has 35 heavy (non-hydrogen) atoms. The number of rotatable bonds is 4. The Hall–Kier alpha value is -3.72. The van der Waals surface area contributed by atoms with E-state index >= 15 is 0 Å². The van der Waals surface area contributed by atoms with E-state index in [0.717, 1.165) is 11.3 Å². The third-order valence-corrected chi connectivity index (χ3v) is 6.71. The number of anilines is 1. The van der Waals surface area contributed by atoms with Gasteiger partial charge in [0.05, 0.1) is 18.8 Å². The van der Waals surface area contributed by atoms with Crippen LogP contribution in [0.5, 0.6) is 0 Å². The van der Waals surface area contributed by atoms with Crippen molar-refractivity contribution in [1.29, 1.82) is 0 Å². The molecule has 0 spiro atoms. The van der Waals surface area contributed by atoms with Crippen LogP contribution in [0.15, 0.2) is 48.5 Å². The molecule has 1 fully saturated rings. The number of amides is 2.